The Morgan fingerprint density at radius 1 is 1.47 bits per heavy atom. The number of hydrogen-bond donors (Lipinski definition) is 0. The number of thiazole rings is 1. The third kappa shape index (κ3) is 3.01. The molecule has 0 saturated heterocycles. The van der Waals surface area contributed by atoms with Gasteiger partial charge in [-0.15, -0.1) is 11.3 Å². The quantitative estimate of drug-likeness (QED) is 0.802. The van der Waals surface area contributed by atoms with Crippen LogP contribution in [0.4, 0.5) is 0 Å². The molecule has 0 atom stereocenters. The number of hydrogen-bond acceptors (Lipinski definition) is 3. The summed E-state index contributed by atoms with van der Waals surface area (Å²) in [6, 6.07) is 8.14. The van der Waals surface area contributed by atoms with Gasteiger partial charge < -0.3 is 0 Å². The molecule has 2 rings (SSSR count). The minimum Gasteiger partial charge on any atom is -0.294 e. The average Bonchev–Trinajstić information content (AvgIpc) is 2.59. The molecule has 1 heterocycles. The lowest BCUT2D eigenvalue weighted by Gasteiger charge is -1.98. The first-order valence-electron chi connectivity index (χ1n) is 5.28. The number of halogens is 1. The molecule has 0 saturated carbocycles. The van der Waals surface area contributed by atoms with E-state index >= 15 is 0 Å². The SMILES string of the molecule is CC(=O)c1sc(Cc2cccc(Br)c2)nc1C. The molecule has 0 N–H and O–H groups in total. The van der Waals surface area contributed by atoms with Crippen LogP contribution in [-0.4, -0.2) is 10.8 Å². The minimum atomic E-state index is 0.0977. The Morgan fingerprint density at radius 2 is 2.24 bits per heavy atom. The van der Waals surface area contributed by atoms with Crippen LogP contribution in [0.1, 0.15) is 32.9 Å². The van der Waals surface area contributed by atoms with Gasteiger partial charge in [0, 0.05) is 17.8 Å². The summed E-state index contributed by atoms with van der Waals surface area (Å²) in [4.78, 5) is 16.6. The number of Topliss-reactive ketones (excluding diaryl/α,β-unsaturated/α-hetero) is 1. The highest BCUT2D eigenvalue weighted by Crippen LogP contribution is 2.22. The van der Waals surface area contributed by atoms with Crippen molar-refractivity contribution >= 4 is 33.0 Å². The monoisotopic (exact) mass is 309 g/mol. The standard InChI is InChI=1S/C13H12BrNOS/c1-8-13(9(2)16)17-12(15-8)7-10-4-3-5-11(14)6-10/h3-6H,7H2,1-2H3. The number of carbonyl (C=O) groups is 1. The predicted octanol–water partition coefficient (Wildman–Crippen LogP) is 4.01. The van der Waals surface area contributed by atoms with E-state index in [1.165, 1.54) is 16.9 Å². The molecule has 0 aliphatic carbocycles. The lowest BCUT2D eigenvalue weighted by molar-refractivity contribution is 0.102. The molecular formula is C13H12BrNOS. The third-order valence-electron chi connectivity index (χ3n) is 2.41. The van der Waals surface area contributed by atoms with Gasteiger partial charge in [-0.25, -0.2) is 4.98 Å². The van der Waals surface area contributed by atoms with Crippen molar-refractivity contribution in [1.82, 2.24) is 4.98 Å². The number of benzene rings is 1. The zero-order chi connectivity index (χ0) is 12.4. The Morgan fingerprint density at radius 3 is 2.82 bits per heavy atom. The minimum absolute atomic E-state index is 0.0977. The second kappa shape index (κ2) is 5.10. The summed E-state index contributed by atoms with van der Waals surface area (Å²) < 4.78 is 1.06. The summed E-state index contributed by atoms with van der Waals surface area (Å²) in [5.74, 6) is 0.0977. The molecule has 0 aliphatic rings. The highest BCUT2D eigenvalue weighted by Gasteiger charge is 2.11. The van der Waals surface area contributed by atoms with Crippen molar-refractivity contribution < 1.29 is 4.79 Å². The average molecular weight is 310 g/mol. The first-order chi connectivity index (χ1) is 8.06. The highest BCUT2D eigenvalue weighted by atomic mass is 79.9. The molecule has 2 aromatic rings. The number of ketones is 1. The van der Waals surface area contributed by atoms with Gasteiger partial charge in [0.15, 0.2) is 5.78 Å². The fourth-order valence-corrected chi connectivity index (χ4v) is 3.12. The van der Waals surface area contributed by atoms with Gasteiger partial charge in [0.25, 0.3) is 0 Å². The molecule has 1 aromatic carbocycles. The van der Waals surface area contributed by atoms with E-state index in [0.717, 1.165) is 26.5 Å². The molecule has 4 heteroatoms. The molecule has 0 amide bonds. The van der Waals surface area contributed by atoms with Crippen molar-refractivity contribution in [3.05, 3.63) is 49.9 Å². The van der Waals surface area contributed by atoms with Gasteiger partial charge in [-0.3, -0.25) is 4.79 Å². The number of rotatable bonds is 3. The van der Waals surface area contributed by atoms with Crippen LogP contribution in [0.25, 0.3) is 0 Å². The summed E-state index contributed by atoms with van der Waals surface area (Å²) in [5, 5.41) is 0.991. The van der Waals surface area contributed by atoms with Crippen LogP contribution in [0, 0.1) is 6.92 Å². The van der Waals surface area contributed by atoms with Gasteiger partial charge in [-0.1, -0.05) is 28.1 Å². The molecule has 2 nitrogen and oxygen atoms in total. The lowest BCUT2D eigenvalue weighted by atomic mass is 10.2. The number of aromatic nitrogens is 1. The highest BCUT2D eigenvalue weighted by molar-refractivity contribution is 9.10. The van der Waals surface area contributed by atoms with Crippen LogP contribution < -0.4 is 0 Å². The zero-order valence-electron chi connectivity index (χ0n) is 9.66. The van der Waals surface area contributed by atoms with Crippen molar-refractivity contribution in [2.45, 2.75) is 20.3 Å². The van der Waals surface area contributed by atoms with Gasteiger partial charge in [0.2, 0.25) is 0 Å². The van der Waals surface area contributed by atoms with E-state index in [9.17, 15) is 4.79 Å². The van der Waals surface area contributed by atoms with Crippen LogP contribution >= 0.6 is 27.3 Å². The molecule has 0 bridgehead atoms. The molecule has 1 aromatic heterocycles. The Labute approximate surface area is 113 Å². The van der Waals surface area contributed by atoms with Crippen LogP contribution in [0.3, 0.4) is 0 Å². The maximum atomic E-state index is 11.3. The fourth-order valence-electron chi connectivity index (χ4n) is 1.68. The molecule has 0 fully saturated rings. The maximum Gasteiger partial charge on any atom is 0.171 e. The molecule has 0 radical (unpaired) electrons. The van der Waals surface area contributed by atoms with Crippen molar-refractivity contribution in [2.24, 2.45) is 0 Å². The Kier molecular flexibility index (Phi) is 3.74. The topological polar surface area (TPSA) is 30.0 Å². The van der Waals surface area contributed by atoms with Crippen molar-refractivity contribution in [3.8, 4) is 0 Å². The van der Waals surface area contributed by atoms with Gasteiger partial charge in [0.1, 0.15) is 0 Å². The number of carbonyl (C=O) groups excluding carboxylic acids is 1. The lowest BCUT2D eigenvalue weighted by Crippen LogP contribution is -1.89. The van der Waals surface area contributed by atoms with E-state index in [1.54, 1.807) is 6.92 Å². The van der Waals surface area contributed by atoms with E-state index in [-0.39, 0.29) is 5.78 Å². The van der Waals surface area contributed by atoms with Gasteiger partial charge >= 0.3 is 0 Å². The van der Waals surface area contributed by atoms with Crippen LogP contribution in [0.15, 0.2) is 28.7 Å². The van der Waals surface area contributed by atoms with Gasteiger partial charge in [0.05, 0.1) is 15.6 Å². The van der Waals surface area contributed by atoms with Crippen LogP contribution in [0.5, 0.6) is 0 Å². The summed E-state index contributed by atoms with van der Waals surface area (Å²) in [5.41, 5.74) is 2.04. The normalized spacial score (nSPS) is 10.5. The summed E-state index contributed by atoms with van der Waals surface area (Å²) in [7, 11) is 0. The zero-order valence-corrected chi connectivity index (χ0v) is 12.1. The van der Waals surface area contributed by atoms with Crippen LogP contribution in [0.2, 0.25) is 0 Å². The Balaban J connectivity index is 2.25. The molecule has 0 spiro atoms. The fraction of sp³-hybridized carbons (Fsp3) is 0.231. The molecule has 0 aliphatic heterocycles. The maximum absolute atomic E-state index is 11.3. The second-order valence-electron chi connectivity index (χ2n) is 3.89. The Hall–Kier alpha value is -1.00. The molecule has 0 unspecified atom stereocenters. The van der Waals surface area contributed by atoms with E-state index in [2.05, 4.69) is 33.0 Å². The number of aryl methyl sites for hydroxylation is 1. The van der Waals surface area contributed by atoms with E-state index in [1.807, 2.05) is 19.1 Å². The smallest absolute Gasteiger partial charge is 0.171 e. The van der Waals surface area contributed by atoms with E-state index in [4.69, 9.17) is 0 Å². The first kappa shape index (κ1) is 12.5. The molecular weight excluding hydrogens is 298 g/mol. The summed E-state index contributed by atoms with van der Waals surface area (Å²) >= 11 is 4.94. The largest absolute Gasteiger partial charge is 0.294 e. The van der Waals surface area contributed by atoms with E-state index in [0.29, 0.717) is 0 Å². The van der Waals surface area contributed by atoms with Crippen molar-refractivity contribution in [2.75, 3.05) is 0 Å². The van der Waals surface area contributed by atoms with Gasteiger partial charge in [-0.2, -0.15) is 0 Å². The van der Waals surface area contributed by atoms with Crippen molar-refractivity contribution in [3.63, 3.8) is 0 Å². The molecule has 88 valence electrons. The second-order valence-corrected chi connectivity index (χ2v) is 5.88. The van der Waals surface area contributed by atoms with E-state index < -0.39 is 0 Å². The third-order valence-corrected chi connectivity index (χ3v) is 4.16. The number of nitrogens with zero attached hydrogens (tertiary/aromatic N) is 1. The first-order valence-corrected chi connectivity index (χ1v) is 6.89. The molecule has 17 heavy (non-hydrogen) atoms. The summed E-state index contributed by atoms with van der Waals surface area (Å²) in [6.45, 7) is 3.47. The Bertz CT molecular complexity index is 562. The van der Waals surface area contributed by atoms with Crippen molar-refractivity contribution in [1.29, 1.82) is 0 Å². The summed E-state index contributed by atoms with van der Waals surface area (Å²) in [6.07, 6.45) is 0.776. The van der Waals surface area contributed by atoms with Crippen LogP contribution in [-0.2, 0) is 6.42 Å². The predicted molar refractivity (Wildman–Crippen MR) is 73.8 cm³/mol. The van der Waals surface area contributed by atoms with Gasteiger partial charge in [-0.05, 0) is 24.6 Å².